The summed E-state index contributed by atoms with van der Waals surface area (Å²) in [5, 5.41) is 6.06. The fourth-order valence-corrected chi connectivity index (χ4v) is 5.94. The molecule has 2 aliphatic heterocycles. The lowest BCUT2D eigenvalue weighted by molar-refractivity contribution is -0.184. The van der Waals surface area contributed by atoms with Crippen molar-refractivity contribution >= 4 is 17.3 Å². The number of carbonyl (C=O) groups is 1. The smallest absolute Gasteiger partial charge is 0.391 e. The Bertz CT molecular complexity index is 892. The van der Waals surface area contributed by atoms with E-state index in [0.717, 1.165) is 24.2 Å². The Labute approximate surface area is 205 Å². The monoisotopic (exact) mass is 494 g/mol. The van der Waals surface area contributed by atoms with Crippen LogP contribution in [0.4, 0.5) is 18.9 Å². The molecule has 0 spiro atoms. The predicted octanol–water partition coefficient (Wildman–Crippen LogP) is 5.36. The van der Waals surface area contributed by atoms with Crippen LogP contribution in [0.1, 0.15) is 70.3 Å². The minimum Gasteiger partial charge on any atom is -0.476 e. The molecule has 1 saturated carbocycles. The first kappa shape index (κ1) is 25.8. The van der Waals surface area contributed by atoms with Gasteiger partial charge in [0.15, 0.2) is 0 Å². The number of carbonyl (C=O) groups excluding carboxylic acids is 1. The molecule has 9 heteroatoms. The average Bonchev–Trinajstić information content (AvgIpc) is 3.42. The van der Waals surface area contributed by atoms with Gasteiger partial charge in [-0.3, -0.25) is 9.69 Å². The number of hydrogen-bond acceptors (Lipinski definition) is 5. The van der Waals surface area contributed by atoms with Gasteiger partial charge in [-0.1, -0.05) is 13.0 Å². The van der Waals surface area contributed by atoms with Crippen LogP contribution in [0.15, 0.2) is 18.3 Å². The highest BCUT2D eigenvalue weighted by atomic mass is 19.4. The van der Waals surface area contributed by atoms with Crippen molar-refractivity contribution in [3.05, 3.63) is 23.9 Å². The van der Waals surface area contributed by atoms with Crippen LogP contribution < -0.4 is 15.4 Å². The number of anilines is 1. The van der Waals surface area contributed by atoms with Crippen molar-refractivity contribution in [1.29, 1.82) is 0 Å². The Morgan fingerprint density at radius 1 is 1.14 bits per heavy atom. The largest absolute Gasteiger partial charge is 0.476 e. The highest BCUT2D eigenvalue weighted by molar-refractivity contribution is 5.93. The van der Waals surface area contributed by atoms with Crippen molar-refractivity contribution in [1.82, 2.24) is 15.2 Å². The molecule has 2 bridgehead atoms. The summed E-state index contributed by atoms with van der Waals surface area (Å²) in [7, 11) is 1.83. The van der Waals surface area contributed by atoms with Crippen molar-refractivity contribution in [3.8, 4) is 5.88 Å². The Morgan fingerprint density at radius 3 is 2.37 bits per heavy atom. The number of pyridine rings is 1. The Balaban J connectivity index is 1.40. The predicted molar refractivity (Wildman–Crippen MR) is 130 cm³/mol. The Kier molecular flexibility index (Phi) is 8.24. The van der Waals surface area contributed by atoms with Gasteiger partial charge in [0, 0.05) is 37.3 Å². The molecule has 0 atom stereocenters. The Hall–Kier alpha value is -2.29. The molecule has 194 valence electrons. The number of rotatable bonds is 9. The van der Waals surface area contributed by atoms with Crippen LogP contribution in [0, 0.1) is 11.8 Å². The number of halogens is 3. The van der Waals surface area contributed by atoms with Crippen molar-refractivity contribution in [2.75, 3.05) is 25.5 Å². The summed E-state index contributed by atoms with van der Waals surface area (Å²) in [4.78, 5) is 19.8. The zero-order valence-electron chi connectivity index (χ0n) is 20.7. The number of ether oxygens (including phenoxy) is 1. The highest BCUT2D eigenvalue weighted by Gasteiger charge is 2.42. The molecule has 6 nitrogen and oxygen atoms in total. The summed E-state index contributed by atoms with van der Waals surface area (Å²) in [6.45, 7) is 3.46. The first-order chi connectivity index (χ1) is 16.8. The number of nitrogens with one attached hydrogen (secondary N) is 2. The SMILES string of the molecule is CC/C=C(\NC)c1cc(NC(=O)C2CCC(C(F)(F)F)CC2)cnc1OCCN1C2CCC1CC2. The number of aromatic nitrogens is 1. The van der Waals surface area contributed by atoms with E-state index in [9.17, 15) is 18.0 Å². The third-order valence-corrected chi connectivity index (χ3v) is 7.84. The van der Waals surface area contributed by atoms with Gasteiger partial charge in [0.2, 0.25) is 11.8 Å². The number of allylic oxidation sites excluding steroid dienone is 1. The fourth-order valence-electron chi connectivity index (χ4n) is 5.94. The molecule has 1 aromatic heterocycles. The van der Waals surface area contributed by atoms with E-state index in [0.29, 0.717) is 30.3 Å². The number of amides is 1. The summed E-state index contributed by atoms with van der Waals surface area (Å²) < 4.78 is 45.0. The molecule has 0 unspecified atom stereocenters. The molecule has 3 fully saturated rings. The van der Waals surface area contributed by atoms with Gasteiger partial charge in [-0.25, -0.2) is 4.98 Å². The molecular weight excluding hydrogens is 457 g/mol. The first-order valence-corrected chi connectivity index (χ1v) is 12.9. The molecule has 3 aliphatic rings. The maximum atomic E-state index is 13.0. The zero-order valence-corrected chi connectivity index (χ0v) is 20.7. The number of fused-ring (bicyclic) bond motifs is 2. The van der Waals surface area contributed by atoms with E-state index in [-0.39, 0.29) is 31.6 Å². The van der Waals surface area contributed by atoms with Crippen LogP contribution in [0.2, 0.25) is 0 Å². The summed E-state index contributed by atoms with van der Waals surface area (Å²) in [6, 6.07) is 3.21. The second-order valence-electron chi connectivity index (χ2n) is 9.98. The van der Waals surface area contributed by atoms with Crippen LogP contribution >= 0.6 is 0 Å². The van der Waals surface area contributed by atoms with E-state index in [1.165, 1.54) is 25.7 Å². The minimum absolute atomic E-state index is 0.000261. The lowest BCUT2D eigenvalue weighted by Gasteiger charge is -2.29. The van der Waals surface area contributed by atoms with Gasteiger partial charge >= 0.3 is 6.18 Å². The van der Waals surface area contributed by atoms with Crippen LogP contribution in [-0.2, 0) is 4.79 Å². The van der Waals surface area contributed by atoms with Gasteiger partial charge in [0.1, 0.15) is 6.61 Å². The van der Waals surface area contributed by atoms with E-state index < -0.39 is 18.0 Å². The molecule has 1 amide bonds. The van der Waals surface area contributed by atoms with Gasteiger partial charge in [0.25, 0.3) is 0 Å². The molecule has 4 rings (SSSR count). The van der Waals surface area contributed by atoms with E-state index in [4.69, 9.17) is 4.74 Å². The van der Waals surface area contributed by atoms with Crippen LogP contribution in [-0.4, -0.2) is 54.3 Å². The zero-order chi connectivity index (χ0) is 25.0. The van der Waals surface area contributed by atoms with Crippen molar-refractivity contribution in [3.63, 3.8) is 0 Å². The molecule has 1 aromatic rings. The van der Waals surface area contributed by atoms with Crippen molar-refractivity contribution in [2.45, 2.75) is 83.0 Å². The summed E-state index contributed by atoms with van der Waals surface area (Å²) >= 11 is 0. The molecule has 0 aromatic carbocycles. The summed E-state index contributed by atoms with van der Waals surface area (Å²) in [5.74, 6) is -1.46. The minimum atomic E-state index is -4.18. The third kappa shape index (κ3) is 6.11. The fraction of sp³-hybridized carbons (Fsp3) is 0.692. The lowest BCUT2D eigenvalue weighted by Crippen LogP contribution is -2.33. The molecule has 35 heavy (non-hydrogen) atoms. The average molecular weight is 495 g/mol. The number of nitrogens with zero attached hydrogens (tertiary/aromatic N) is 2. The maximum Gasteiger partial charge on any atom is 0.391 e. The third-order valence-electron chi connectivity index (χ3n) is 7.84. The summed E-state index contributed by atoms with van der Waals surface area (Å²) in [5.41, 5.74) is 2.14. The molecular formula is C26H37F3N4O2. The lowest BCUT2D eigenvalue weighted by atomic mass is 9.81. The topological polar surface area (TPSA) is 66.5 Å². The quantitative estimate of drug-likeness (QED) is 0.484. The number of alkyl halides is 3. The van der Waals surface area contributed by atoms with Gasteiger partial charge in [0.05, 0.1) is 23.4 Å². The van der Waals surface area contributed by atoms with Crippen molar-refractivity contribution < 1.29 is 22.7 Å². The highest BCUT2D eigenvalue weighted by Crippen LogP contribution is 2.40. The van der Waals surface area contributed by atoms with E-state index in [1.807, 2.05) is 26.1 Å². The van der Waals surface area contributed by atoms with Gasteiger partial charge in [-0.2, -0.15) is 13.2 Å². The normalized spacial score (nSPS) is 27.2. The first-order valence-electron chi connectivity index (χ1n) is 12.9. The molecule has 0 radical (unpaired) electrons. The summed E-state index contributed by atoms with van der Waals surface area (Å²) in [6.07, 6.45) is 5.84. The van der Waals surface area contributed by atoms with Crippen molar-refractivity contribution in [2.24, 2.45) is 11.8 Å². The molecule has 3 heterocycles. The van der Waals surface area contributed by atoms with Crippen LogP contribution in [0.3, 0.4) is 0 Å². The molecule has 2 saturated heterocycles. The van der Waals surface area contributed by atoms with Gasteiger partial charge in [-0.05, 0) is 63.9 Å². The Morgan fingerprint density at radius 2 is 1.80 bits per heavy atom. The van der Waals surface area contributed by atoms with Gasteiger partial charge < -0.3 is 15.4 Å². The standard InChI is InChI=1S/C26H37F3N4O2/c1-3-4-23(30-2)22-15-19(32-24(34)17-5-7-18(8-6-17)26(27,28)29)16-31-25(22)35-14-13-33-20-9-10-21(33)12-11-20/h4,15-18,20-21,30H,3,5-14H2,1-2H3,(H,32,34)/b23-4-. The van der Waals surface area contributed by atoms with E-state index >= 15 is 0 Å². The second kappa shape index (κ2) is 11.2. The van der Waals surface area contributed by atoms with E-state index in [2.05, 4.69) is 20.5 Å². The molecule has 2 N–H and O–H groups in total. The van der Waals surface area contributed by atoms with Crippen LogP contribution in [0.5, 0.6) is 5.88 Å². The van der Waals surface area contributed by atoms with Gasteiger partial charge in [-0.15, -0.1) is 0 Å². The second-order valence-corrected chi connectivity index (χ2v) is 9.98. The van der Waals surface area contributed by atoms with E-state index in [1.54, 1.807) is 6.20 Å². The van der Waals surface area contributed by atoms with Crippen LogP contribution in [0.25, 0.3) is 5.70 Å². The maximum absolute atomic E-state index is 13.0. The molecule has 1 aliphatic carbocycles. The number of hydrogen-bond donors (Lipinski definition) is 2.